The van der Waals surface area contributed by atoms with Gasteiger partial charge in [-0.25, -0.2) is 9.59 Å². The molecule has 3 heterocycles. The van der Waals surface area contributed by atoms with Crippen molar-refractivity contribution in [3.63, 3.8) is 0 Å². The Morgan fingerprint density at radius 3 is 1.83 bits per heavy atom. The second kappa shape index (κ2) is 12.3. The molecule has 206 valence electrons. The molecule has 1 aliphatic carbocycles. The minimum atomic E-state index is -5.08. The number of ether oxygens (including phenoxy) is 1. The van der Waals surface area contributed by atoms with E-state index in [-0.39, 0.29) is 0 Å². The molecule has 1 aromatic rings. The first-order chi connectivity index (χ1) is 16.6. The van der Waals surface area contributed by atoms with Gasteiger partial charge in [-0.1, -0.05) is 0 Å². The normalized spacial score (nSPS) is 21.0. The number of likely N-dealkylation sites (tertiary alicyclic amines) is 1. The van der Waals surface area contributed by atoms with Gasteiger partial charge in [0, 0.05) is 44.6 Å². The number of carbonyl (C=O) groups is 2. The number of morpholine rings is 1. The SMILES string of the molecule is Cn1cccc1CN1CCC2(CC1)CC(N1CCOCC1)C2.O=C(O)C(F)(F)F.O=C(O)C(F)(F)F. The van der Waals surface area contributed by atoms with E-state index < -0.39 is 24.3 Å². The number of carboxylic acid groups (broad SMARTS) is 2. The van der Waals surface area contributed by atoms with Crippen LogP contribution in [-0.2, 0) is 27.9 Å². The van der Waals surface area contributed by atoms with Gasteiger partial charge in [0.25, 0.3) is 0 Å². The van der Waals surface area contributed by atoms with Crippen LogP contribution < -0.4 is 0 Å². The van der Waals surface area contributed by atoms with Crippen molar-refractivity contribution < 1.29 is 50.9 Å². The summed E-state index contributed by atoms with van der Waals surface area (Å²) in [5, 5.41) is 14.2. The van der Waals surface area contributed by atoms with E-state index in [4.69, 9.17) is 24.5 Å². The molecule has 0 aromatic carbocycles. The first-order valence-electron chi connectivity index (χ1n) is 11.4. The Labute approximate surface area is 204 Å². The van der Waals surface area contributed by atoms with E-state index in [1.807, 2.05) is 0 Å². The highest BCUT2D eigenvalue weighted by atomic mass is 19.4. The molecule has 2 aliphatic heterocycles. The van der Waals surface area contributed by atoms with Crippen LogP contribution in [0.3, 0.4) is 0 Å². The lowest BCUT2D eigenvalue weighted by molar-refractivity contribution is -0.193. The van der Waals surface area contributed by atoms with Gasteiger partial charge in [-0.2, -0.15) is 26.3 Å². The van der Waals surface area contributed by atoms with Crippen LogP contribution in [0, 0.1) is 5.41 Å². The van der Waals surface area contributed by atoms with Gasteiger partial charge >= 0.3 is 24.3 Å². The van der Waals surface area contributed by atoms with Crippen LogP contribution in [-0.4, -0.2) is 94.3 Å². The third-order valence-corrected chi connectivity index (χ3v) is 6.74. The van der Waals surface area contributed by atoms with Crippen LogP contribution >= 0.6 is 0 Å². The minimum Gasteiger partial charge on any atom is -0.475 e. The molecule has 1 saturated carbocycles. The Balaban J connectivity index is 0.000000271. The predicted octanol–water partition coefficient (Wildman–Crippen LogP) is 3.37. The van der Waals surface area contributed by atoms with Crippen molar-refractivity contribution in [1.29, 1.82) is 0 Å². The molecule has 14 heteroatoms. The number of aliphatic carboxylic acids is 2. The Morgan fingerprint density at radius 2 is 1.44 bits per heavy atom. The summed E-state index contributed by atoms with van der Waals surface area (Å²) in [6.07, 6.45) is -2.34. The van der Waals surface area contributed by atoms with Crippen LogP contribution in [0.25, 0.3) is 0 Å². The minimum absolute atomic E-state index is 0.674. The van der Waals surface area contributed by atoms with Crippen LogP contribution in [0.1, 0.15) is 31.4 Å². The predicted molar refractivity (Wildman–Crippen MR) is 115 cm³/mol. The molecular weight excluding hydrogens is 500 g/mol. The third kappa shape index (κ3) is 8.96. The summed E-state index contributed by atoms with van der Waals surface area (Å²) >= 11 is 0. The highest BCUT2D eigenvalue weighted by Gasteiger charge is 2.47. The van der Waals surface area contributed by atoms with Crippen LogP contribution in [0.15, 0.2) is 18.3 Å². The van der Waals surface area contributed by atoms with Crippen LogP contribution in [0.5, 0.6) is 0 Å². The second-order valence-electron chi connectivity index (χ2n) is 9.20. The number of rotatable bonds is 3. The summed E-state index contributed by atoms with van der Waals surface area (Å²) in [5.74, 6) is -5.51. The standard InChI is InChI=1S/C18H29N3O.2C2HF3O2/c1-19-6-2-3-16(19)15-20-7-4-18(5-8-20)13-17(14-18)21-9-11-22-12-10-21;2*3-2(4,5)1(6)7/h2-3,6,17H,4-5,7-15H2,1H3;2*(H,6,7). The molecule has 0 atom stereocenters. The van der Waals surface area contributed by atoms with E-state index in [1.165, 1.54) is 44.5 Å². The summed E-state index contributed by atoms with van der Waals surface area (Å²) in [4.78, 5) is 23.1. The maximum atomic E-state index is 10.6. The van der Waals surface area contributed by atoms with Crippen molar-refractivity contribution >= 4 is 11.9 Å². The molecule has 8 nitrogen and oxygen atoms in total. The molecule has 1 aromatic heterocycles. The molecule has 2 saturated heterocycles. The van der Waals surface area contributed by atoms with Crippen molar-refractivity contribution in [2.24, 2.45) is 12.5 Å². The molecule has 0 radical (unpaired) electrons. The van der Waals surface area contributed by atoms with Gasteiger partial charge in [0.2, 0.25) is 0 Å². The molecule has 4 rings (SSSR count). The first-order valence-corrected chi connectivity index (χ1v) is 11.4. The smallest absolute Gasteiger partial charge is 0.475 e. The van der Waals surface area contributed by atoms with Crippen molar-refractivity contribution in [1.82, 2.24) is 14.4 Å². The van der Waals surface area contributed by atoms with Gasteiger partial charge in [0.05, 0.1) is 13.2 Å². The molecule has 0 amide bonds. The summed E-state index contributed by atoms with van der Waals surface area (Å²) in [6.45, 7) is 7.86. The van der Waals surface area contributed by atoms with Crippen LogP contribution in [0.4, 0.5) is 26.3 Å². The average molecular weight is 531 g/mol. The fraction of sp³-hybridized carbons (Fsp3) is 0.727. The molecule has 1 spiro atoms. The van der Waals surface area contributed by atoms with Gasteiger partial charge < -0.3 is 19.5 Å². The lowest BCUT2D eigenvalue weighted by Gasteiger charge is -2.55. The molecule has 36 heavy (non-hydrogen) atoms. The van der Waals surface area contributed by atoms with E-state index in [0.717, 1.165) is 38.9 Å². The molecule has 3 aliphatic rings. The quantitative estimate of drug-likeness (QED) is 0.578. The number of alkyl halides is 6. The fourth-order valence-corrected chi connectivity index (χ4v) is 4.62. The lowest BCUT2D eigenvalue weighted by Crippen LogP contribution is -2.57. The highest BCUT2D eigenvalue weighted by molar-refractivity contribution is 5.73. The number of nitrogens with zero attached hydrogens (tertiary/aromatic N) is 3. The molecular formula is C22H31F6N3O5. The maximum Gasteiger partial charge on any atom is 0.490 e. The third-order valence-electron chi connectivity index (χ3n) is 6.74. The summed E-state index contributed by atoms with van der Waals surface area (Å²) < 4.78 is 71.2. The van der Waals surface area contributed by atoms with Gasteiger partial charge in [-0.3, -0.25) is 9.80 Å². The Hall–Kier alpha value is -2.32. The Morgan fingerprint density at radius 1 is 0.972 bits per heavy atom. The lowest BCUT2D eigenvalue weighted by atomic mass is 9.60. The van der Waals surface area contributed by atoms with E-state index in [2.05, 4.69) is 39.7 Å². The van der Waals surface area contributed by atoms with E-state index in [1.54, 1.807) is 0 Å². The number of aromatic nitrogens is 1. The number of hydrogen-bond donors (Lipinski definition) is 2. The Kier molecular flexibility index (Phi) is 10.2. The zero-order valence-electron chi connectivity index (χ0n) is 19.8. The molecule has 3 fully saturated rings. The van der Waals surface area contributed by atoms with Crippen LogP contribution in [0.2, 0.25) is 0 Å². The number of hydrogen-bond acceptors (Lipinski definition) is 5. The zero-order valence-corrected chi connectivity index (χ0v) is 19.8. The van der Waals surface area contributed by atoms with Crippen molar-refractivity contribution in [2.75, 3.05) is 39.4 Å². The highest BCUT2D eigenvalue weighted by Crippen LogP contribution is 2.51. The molecule has 0 unspecified atom stereocenters. The fourth-order valence-electron chi connectivity index (χ4n) is 4.62. The van der Waals surface area contributed by atoms with Gasteiger partial charge in [0.1, 0.15) is 0 Å². The van der Waals surface area contributed by atoms with E-state index in [0.29, 0.717) is 5.41 Å². The van der Waals surface area contributed by atoms with E-state index >= 15 is 0 Å². The largest absolute Gasteiger partial charge is 0.490 e. The van der Waals surface area contributed by atoms with Gasteiger partial charge in [-0.15, -0.1) is 0 Å². The number of piperidine rings is 1. The first kappa shape index (κ1) is 29.9. The van der Waals surface area contributed by atoms with E-state index in [9.17, 15) is 26.3 Å². The van der Waals surface area contributed by atoms with Gasteiger partial charge in [-0.05, 0) is 56.3 Å². The average Bonchev–Trinajstić information content (AvgIpc) is 3.17. The summed E-state index contributed by atoms with van der Waals surface area (Å²) in [7, 11) is 2.15. The van der Waals surface area contributed by atoms with Crippen molar-refractivity contribution in [2.45, 2.75) is 50.6 Å². The Bertz CT molecular complexity index is 827. The number of halogens is 6. The number of carboxylic acids is 2. The molecule has 0 bridgehead atoms. The second-order valence-corrected chi connectivity index (χ2v) is 9.20. The zero-order chi connectivity index (χ0) is 27.1. The summed E-state index contributed by atoms with van der Waals surface area (Å²) in [6, 6.07) is 5.25. The monoisotopic (exact) mass is 531 g/mol. The van der Waals surface area contributed by atoms with Crippen molar-refractivity contribution in [3.05, 3.63) is 24.0 Å². The topological polar surface area (TPSA) is 95.2 Å². The maximum absolute atomic E-state index is 10.6. The summed E-state index contributed by atoms with van der Waals surface area (Å²) in [5.41, 5.74) is 2.11. The van der Waals surface area contributed by atoms with Gasteiger partial charge in [0.15, 0.2) is 0 Å². The van der Waals surface area contributed by atoms with Crippen molar-refractivity contribution in [3.8, 4) is 0 Å². The molecule has 2 N–H and O–H groups in total. The number of aryl methyl sites for hydroxylation is 1.